The molecule has 0 unspecified atom stereocenters. The molecule has 1 aliphatic rings. The third kappa shape index (κ3) is 1.99. The highest BCUT2D eigenvalue weighted by molar-refractivity contribution is 5.07. The van der Waals surface area contributed by atoms with E-state index in [1.807, 2.05) is 10.8 Å². The van der Waals surface area contributed by atoms with Gasteiger partial charge in [-0.2, -0.15) is 0 Å². The number of aryl methyl sites for hydroxylation is 1. The van der Waals surface area contributed by atoms with Gasteiger partial charge in [0.1, 0.15) is 11.4 Å². The van der Waals surface area contributed by atoms with Gasteiger partial charge in [-0.15, -0.1) is 0 Å². The lowest BCUT2D eigenvalue weighted by molar-refractivity contribution is -0.0342. The van der Waals surface area contributed by atoms with Crippen molar-refractivity contribution in [3.63, 3.8) is 0 Å². The van der Waals surface area contributed by atoms with Crippen LogP contribution in [-0.4, -0.2) is 39.2 Å². The number of aliphatic hydroxyl groups is 1. The predicted molar refractivity (Wildman–Crippen MR) is 63.1 cm³/mol. The van der Waals surface area contributed by atoms with Crippen LogP contribution in [0.5, 0.6) is 0 Å². The topological polar surface area (TPSA) is 41.3 Å². The van der Waals surface area contributed by atoms with Crippen LogP contribution in [0.15, 0.2) is 12.4 Å². The van der Waals surface area contributed by atoms with Crippen molar-refractivity contribution >= 4 is 0 Å². The Morgan fingerprint density at radius 2 is 2.00 bits per heavy atom. The average Bonchev–Trinajstić information content (AvgIpc) is 2.79. The van der Waals surface area contributed by atoms with Crippen LogP contribution in [0.3, 0.4) is 0 Å². The Kier molecular flexibility index (Phi) is 3.30. The second kappa shape index (κ2) is 4.55. The number of nitrogens with zero attached hydrogens (tertiary/aromatic N) is 3. The number of aromatic nitrogens is 2. The lowest BCUT2D eigenvalue weighted by atomic mass is 9.90. The molecule has 0 bridgehead atoms. The van der Waals surface area contributed by atoms with Crippen LogP contribution in [0.1, 0.15) is 32.5 Å². The average molecular weight is 223 g/mol. The minimum Gasteiger partial charge on any atom is -0.382 e. The van der Waals surface area contributed by atoms with Crippen molar-refractivity contribution in [2.45, 2.75) is 38.8 Å². The van der Waals surface area contributed by atoms with Gasteiger partial charge in [0, 0.05) is 32.0 Å². The maximum Gasteiger partial charge on any atom is 0.140 e. The van der Waals surface area contributed by atoms with E-state index in [9.17, 15) is 5.11 Å². The Bertz CT molecular complexity index is 340. The standard InChI is InChI=1S/C12H21N3O/c1-3-14-8-5-12(16,6-9-14)11-13-7-10-15(11)4-2/h7,10,16H,3-6,8-9H2,1-2H3. The van der Waals surface area contributed by atoms with Crippen LogP contribution in [0.25, 0.3) is 0 Å². The lowest BCUT2D eigenvalue weighted by Gasteiger charge is -2.37. The summed E-state index contributed by atoms with van der Waals surface area (Å²) in [5.41, 5.74) is -0.717. The van der Waals surface area contributed by atoms with E-state index in [1.54, 1.807) is 6.20 Å². The Balaban J connectivity index is 2.14. The molecule has 0 aromatic carbocycles. The summed E-state index contributed by atoms with van der Waals surface area (Å²) in [4.78, 5) is 6.70. The van der Waals surface area contributed by atoms with Crippen molar-refractivity contribution < 1.29 is 5.11 Å². The highest BCUT2D eigenvalue weighted by atomic mass is 16.3. The second-order valence-corrected chi connectivity index (χ2v) is 4.50. The van der Waals surface area contributed by atoms with Gasteiger partial charge in [-0.1, -0.05) is 6.92 Å². The molecule has 1 saturated heterocycles. The number of hydrogen-bond donors (Lipinski definition) is 1. The number of imidazole rings is 1. The number of piperidine rings is 1. The molecular weight excluding hydrogens is 202 g/mol. The van der Waals surface area contributed by atoms with Gasteiger partial charge in [0.2, 0.25) is 0 Å². The second-order valence-electron chi connectivity index (χ2n) is 4.50. The first-order valence-corrected chi connectivity index (χ1v) is 6.16. The van der Waals surface area contributed by atoms with Gasteiger partial charge in [-0.3, -0.25) is 0 Å². The molecule has 1 aromatic rings. The van der Waals surface area contributed by atoms with Gasteiger partial charge in [0.05, 0.1) is 0 Å². The Labute approximate surface area is 96.9 Å². The number of likely N-dealkylation sites (tertiary alicyclic amines) is 1. The summed E-state index contributed by atoms with van der Waals surface area (Å²) in [6, 6.07) is 0. The van der Waals surface area contributed by atoms with Crippen LogP contribution in [0, 0.1) is 0 Å². The minimum absolute atomic E-state index is 0.717. The normalized spacial score (nSPS) is 21.2. The molecule has 90 valence electrons. The fourth-order valence-corrected chi connectivity index (χ4v) is 2.43. The van der Waals surface area contributed by atoms with Crippen LogP contribution >= 0.6 is 0 Å². The van der Waals surface area contributed by atoms with E-state index < -0.39 is 5.60 Å². The Morgan fingerprint density at radius 1 is 1.31 bits per heavy atom. The first-order valence-electron chi connectivity index (χ1n) is 6.16. The molecule has 1 aliphatic heterocycles. The molecule has 4 heteroatoms. The molecule has 2 rings (SSSR count). The van der Waals surface area contributed by atoms with Crippen LogP contribution in [0.2, 0.25) is 0 Å². The molecule has 1 aromatic heterocycles. The molecule has 0 radical (unpaired) electrons. The summed E-state index contributed by atoms with van der Waals surface area (Å²) in [6.45, 7) is 8.10. The van der Waals surface area contributed by atoms with E-state index in [0.717, 1.165) is 44.8 Å². The zero-order chi connectivity index (χ0) is 11.6. The zero-order valence-electron chi connectivity index (χ0n) is 10.2. The molecule has 0 amide bonds. The predicted octanol–water partition coefficient (Wildman–Crippen LogP) is 1.21. The van der Waals surface area contributed by atoms with Gasteiger partial charge < -0.3 is 14.6 Å². The van der Waals surface area contributed by atoms with E-state index in [2.05, 4.69) is 23.7 Å². The van der Waals surface area contributed by atoms with Gasteiger partial charge in [0.25, 0.3) is 0 Å². The molecule has 2 heterocycles. The van der Waals surface area contributed by atoms with Crippen molar-refractivity contribution in [1.82, 2.24) is 14.5 Å². The fourth-order valence-electron chi connectivity index (χ4n) is 2.43. The van der Waals surface area contributed by atoms with Crippen molar-refractivity contribution in [3.8, 4) is 0 Å². The van der Waals surface area contributed by atoms with Crippen molar-refractivity contribution in [2.75, 3.05) is 19.6 Å². The number of hydrogen-bond acceptors (Lipinski definition) is 3. The highest BCUT2D eigenvalue weighted by Crippen LogP contribution is 2.31. The summed E-state index contributed by atoms with van der Waals surface area (Å²) in [5, 5.41) is 10.6. The van der Waals surface area contributed by atoms with E-state index >= 15 is 0 Å². The van der Waals surface area contributed by atoms with Gasteiger partial charge in [-0.25, -0.2) is 4.98 Å². The van der Waals surface area contributed by atoms with Gasteiger partial charge >= 0.3 is 0 Å². The zero-order valence-corrected chi connectivity index (χ0v) is 10.2. The molecule has 16 heavy (non-hydrogen) atoms. The van der Waals surface area contributed by atoms with Crippen LogP contribution < -0.4 is 0 Å². The fraction of sp³-hybridized carbons (Fsp3) is 0.750. The summed E-state index contributed by atoms with van der Waals surface area (Å²) >= 11 is 0. The van der Waals surface area contributed by atoms with Gasteiger partial charge in [-0.05, 0) is 26.3 Å². The summed E-state index contributed by atoms with van der Waals surface area (Å²) in [7, 11) is 0. The Morgan fingerprint density at radius 3 is 2.56 bits per heavy atom. The molecule has 4 nitrogen and oxygen atoms in total. The van der Waals surface area contributed by atoms with E-state index in [1.165, 1.54) is 0 Å². The van der Waals surface area contributed by atoms with Crippen LogP contribution in [-0.2, 0) is 12.1 Å². The summed E-state index contributed by atoms with van der Waals surface area (Å²) in [6.07, 6.45) is 5.30. The largest absolute Gasteiger partial charge is 0.382 e. The SMILES string of the molecule is CCN1CCC(O)(c2nccn2CC)CC1. The van der Waals surface area contributed by atoms with Crippen molar-refractivity contribution in [2.24, 2.45) is 0 Å². The van der Waals surface area contributed by atoms with Crippen molar-refractivity contribution in [3.05, 3.63) is 18.2 Å². The monoisotopic (exact) mass is 223 g/mol. The Hall–Kier alpha value is -0.870. The molecule has 1 fully saturated rings. The maximum atomic E-state index is 10.6. The van der Waals surface area contributed by atoms with Gasteiger partial charge in [0.15, 0.2) is 0 Å². The molecule has 0 saturated carbocycles. The maximum absolute atomic E-state index is 10.6. The van der Waals surface area contributed by atoms with Crippen LogP contribution in [0.4, 0.5) is 0 Å². The van der Waals surface area contributed by atoms with E-state index in [0.29, 0.717) is 0 Å². The number of rotatable bonds is 3. The molecule has 0 spiro atoms. The summed E-state index contributed by atoms with van der Waals surface area (Å²) < 4.78 is 2.04. The lowest BCUT2D eigenvalue weighted by Crippen LogP contribution is -2.43. The first kappa shape index (κ1) is 11.6. The third-order valence-electron chi connectivity index (χ3n) is 3.60. The first-order chi connectivity index (χ1) is 7.69. The third-order valence-corrected chi connectivity index (χ3v) is 3.60. The van der Waals surface area contributed by atoms with E-state index in [4.69, 9.17) is 0 Å². The van der Waals surface area contributed by atoms with E-state index in [-0.39, 0.29) is 0 Å². The minimum atomic E-state index is -0.717. The highest BCUT2D eigenvalue weighted by Gasteiger charge is 2.36. The molecule has 0 atom stereocenters. The molecule has 0 aliphatic carbocycles. The summed E-state index contributed by atoms with van der Waals surface area (Å²) in [5.74, 6) is 0.839. The van der Waals surface area contributed by atoms with Crippen molar-refractivity contribution in [1.29, 1.82) is 0 Å². The quantitative estimate of drug-likeness (QED) is 0.837. The smallest absolute Gasteiger partial charge is 0.140 e. The molecule has 1 N–H and O–H groups in total. The molecular formula is C12H21N3O.